The molecule has 1 aromatic heterocycles. The first-order chi connectivity index (χ1) is 8.04. The number of pyridine rings is 1. The van der Waals surface area contributed by atoms with Crippen molar-refractivity contribution >= 4 is 17.4 Å². The molecule has 0 aliphatic rings. The van der Waals surface area contributed by atoms with Gasteiger partial charge in [-0.2, -0.15) is 0 Å². The molecule has 0 fully saturated rings. The molecular weight excluding hydrogens is 220 g/mol. The zero-order valence-corrected chi connectivity index (χ0v) is 10.2. The zero-order chi connectivity index (χ0) is 12.8. The summed E-state index contributed by atoms with van der Waals surface area (Å²) in [5.74, 6) is -0.405. The quantitative estimate of drug-likeness (QED) is 0.622. The molecule has 1 aromatic rings. The molecule has 1 unspecified atom stereocenters. The molecule has 0 aliphatic carbocycles. The second-order valence-electron chi connectivity index (χ2n) is 3.61. The Labute approximate surface area is 100 Å². The lowest BCUT2D eigenvalue weighted by molar-refractivity contribution is -0.143. The van der Waals surface area contributed by atoms with Gasteiger partial charge in [0.25, 0.3) is 0 Å². The minimum atomic E-state index is -0.445. The number of carbonyl (C=O) groups excluding carboxylic acids is 2. The van der Waals surface area contributed by atoms with Gasteiger partial charge in [0.05, 0.1) is 18.5 Å². The van der Waals surface area contributed by atoms with Crippen molar-refractivity contribution in [2.45, 2.75) is 26.8 Å². The second kappa shape index (κ2) is 5.98. The highest BCUT2D eigenvalue weighted by Crippen LogP contribution is 2.08. The molecule has 1 N–H and O–H groups in total. The molecule has 0 aliphatic heterocycles. The summed E-state index contributed by atoms with van der Waals surface area (Å²) in [5, 5.41) is 2.94. The van der Waals surface area contributed by atoms with Crippen LogP contribution in [0.5, 0.6) is 0 Å². The van der Waals surface area contributed by atoms with E-state index in [0.717, 1.165) is 0 Å². The largest absolute Gasteiger partial charge is 0.464 e. The van der Waals surface area contributed by atoms with Crippen molar-refractivity contribution in [1.82, 2.24) is 4.98 Å². The fourth-order valence-corrected chi connectivity index (χ4v) is 1.26. The van der Waals surface area contributed by atoms with Crippen LogP contribution >= 0.6 is 0 Å². The number of nitrogens with one attached hydrogen (secondary N) is 1. The first-order valence-electron chi connectivity index (χ1n) is 5.44. The molecule has 1 atom stereocenters. The van der Waals surface area contributed by atoms with Gasteiger partial charge in [0.15, 0.2) is 5.78 Å². The van der Waals surface area contributed by atoms with Crippen LogP contribution < -0.4 is 5.32 Å². The van der Waals surface area contributed by atoms with Crippen LogP contribution in [-0.2, 0) is 9.53 Å². The van der Waals surface area contributed by atoms with Gasteiger partial charge in [0, 0.05) is 6.92 Å². The third-order valence-electron chi connectivity index (χ3n) is 2.15. The number of hydrogen-bond donors (Lipinski definition) is 1. The number of Topliss-reactive ketones (excluding diaryl/α,β-unsaturated/α-hetero) is 1. The second-order valence-corrected chi connectivity index (χ2v) is 3.61. The van der Waals surface area contributed by atoms with E-state index >= 15 is 0 Å². The standard InChI is InChI=1S/C12H16N2O3/c1-4-17-12(16)8(2)14-10-5-6-11(9(3)15)13-7-10/h5-8,14H,4H2,1-3H3. The smallest absolute Gasteiger partial charge is 0.328 e. The zero-order valence-electron chi connectivity index (χ0n) is 10.2. The van der Waals surface area contributed by atoms with Crippen molar-refractivity contribution in [2.75, 3.05) is 11.9 Å². The van der Waals surface area contributed by atoms with Crippen LogP contribution in [0.3, 0.4) is 0 Å². The van der Waals surface area contributed by atoms with Gasteiger partial charge in [0.2, 0.25) is 0 Å². The summed E-state index contributed by atoms with van der Waals surface area (Å²) in [6.07, 6.45) is 1.52. The van der Waals surface area contributed by atoms with Crippen molar-refractivity contribution in [3.8, 4) is 0 Å². The van der Waals surface area contributed by atoms with E-state index in [0.29, 0.717) is 18.0 Å². The Hall–Kier alpha value is -1.91. The molecule has 92 valence electrons. The predicted octanol–water partition coefficient (Wildman–Crippen LogP) is 1.65. The lowest BCUT2D eigenvalue weighted by atomic mass is 10.2. The first kappa shape index (κ1) is 13.2. The Kier molecular flexibility index (Phi) is 4.63. The summed E-state index contributed by atoms with van der Waals surface area (Å²) in [6, 6.07) is 2.88. The summed E-state index contributed by atoms with van der Waals surface area (Å²) in [6.45, 7) is 5.27. The van der Waals surface area contributed by atoms with Crippen molar-refractivity contribution in [3.63, 3.8) is 0 Å². The van der Waals surface area contributed by atoms with E-state index in [2.05, 4.69) is 10.3 Å². The van der Waals surface area contributed by atoms with Crippen LogP contribution in [-0.4, -0.2) is 29.4 Å². The van der Waals surface area contributed by atoms with Crippen molar-refractivity contribution in [3.05, 3.63) is 24.0 Å². The van der Waals surface area contributed by atoms with Gasteiger partial charge in [-0.05, 0) is 26.0 Å². The monoisotopic (exact) mass is 236 g/mol. The molecule has 0 saturated carbocycles. The lowest BCUT2D eigenvalue weighted by Crippen LogP contribution is -2.28. The van der Waals surface area contributed by atoms with Crippen LogP contribution in [0.2, 0.25) is 0 Å². The molecule has 5 nitrogen and oxygen atoms in total. The molecule has 0 radical (unpaired) electrons. The highest BCUT2D eigenvalue weighted by Gasteiger charge is 2.13. The normalized spacial score (nSPS) is 11.7. The number of ketones is 1. The topological polar surface area (TPSA) is 68.3 Å². The molecule has 0 amide bonds. The fourth-order valence-electron chi connectivity index (χ4n) is 1.26. The van der Waals surface area contributed by atoms with Crippen LogP contribution in [0.15, 0.2) is 18.3 Å². The van der Waals surface area contributed by atoms with Crippen molar-refractivity contribution in [2.24, 2.45) is 0 Å². The van der Waals surface area contributed by atoms with E-state index in [4.69, 9.17) is 4.74 Å². The van der Waals surface area contributed by atoms with Crippen molar-refractivity contribution < 1.29 is 14.3 Å². The van der Waals surface area contributed by atoms with Gasteiger partial charge < -0.3 is 10.1 Å². The van der Waals surface area contributed by atoms with E-state index in [1.807, 2.05) is 0 Å². The molecule has 17 heavy (non-hydrogen) atoms. The van der Waals surface area contributed by atoms with E-state index < -0.39 is 6.04 Å². The molecule has 1 rings (SSSR count). The highest BCUT2D eigenvalue weighted by atomic mass is 16.5. The molecule has 0 saturated heterocycles. The van der Waals surface area contributed by atoms with Crippen LogP contribution in [0, 0.1) is 0 Å². The van der Waals surface area contributed by atoms with Crippen molar-refractivity contribution in [1.29, 1.82) is 0 Å². The average molecular weight is 236 g/mol. The Morgan fingerprint density at radius 3 is 2.65 bits per heavy atom. The van der Waals surface area contributed by atoms with Gasteiger partial charge in [0.1, 0.15) is 11.7 Å². The fraction of sp³-hybridized carbons (Fsp3) is 0.417. The highest BCUT2D eigenvalue weighted by molar-refractivity contribution is 5.92. The SMILES string of the molecule is CCOC(=O)C(C)Nc1ccc(C(C)=O)nc1. The maximum absolute atomic E-state index is 11.4. The number of rotatable bonds is 5. The minimum Gasteiger partial charge on any atom is -0.464 e. The third-order valence-corrected chi connectivity index (χ3v) is 2.15. The molecule has 5 heteroatoms. The number of esters is 1. The van der Waals surface area contributed by atoms with E-state index in [9.17, 15) is 9.59 Å². The summed E-state index contributed by atoms with van der Waals surface area (Å²) in [7, 11) is 0. The summed E-state index contributed by atoms with van der Waals surface area (Å²) >= 11 is 0. The van der Waals surface area contributed by atoms with Crippen LogP contribution in [0.25, 0.3) is 0 Å². The Balaban J connectivity index is 2.63. The van der Waals surface area contributed by atoms with Gasteiger partial charge in [-0.3, -0.25) is 9.78 Å². The van der Waals surface area contributed by atoms with Crippen LogP contribution in [0.4, 0.5) is 5.69 Å². The maximum Gasteiger partial charge on any atom is 0.328 e. The molecule has 0 spiro atoms. The number of hydrogen-bond acceptors (Lipinski definition) is 5. The van der Waals surface area contributed by atoms with Gasteiger partial charge >= 0.3 is 5.97 Å². The Bertz CT molecular complexity index is 401. The number of nitrogens with zero attached hydrogens (tertiary/aromatic N) is 1. The summed E-state index contributed by atoms with van der Waals surface area (Å²) in [5.41, 5.74) is 1.08. The Morgan fingerprint density at radius 2 is 2.18 bits per heavy atom. The van der Waals surface area contributed by atoms with E-state index in [-0.39, 0.29) is 11.8 Å². The summed E-state index contributed by atoms with van der Waals surface area (Å²) < 4.78 is 4.86. The molecule has 0 bridgehead atoms. The third kappa shape index (κ3) is 3.86. The molecule has 1 heterocycles. The lowest BCUT2D eigenvalue weighted by Gasteiger charge is -2.13. The molecule has 0 aromatic carbocycles. The Morgan fingerprint density at radius 1 is 1.47 bits per heavy atom. The predicted molar refractivity (Wildman–Crippen MR) is 64.0 cm³/mol. The maximum atomic E-state index is 11.4. The van der Waals surface area contributed by atoms with Gasteiger partial charge in [-0.1, -0.05) is 0 Å². The minimum absolute atomic E-state index is 0.0880. The van der Waals surface area contributed by atoms with Crippen LogP contribution in [0.1, 0.15) is 31.3 Å². The number of carbonyl (C=O) groups is 2. The number of ether oxygens (including phenoxy) is 1. The van der Waals surface area contributed by atoms with E-state index in [1.54, 1.807) is 26.0 Å². The summed E-state index contributed by atoms with van der Waals surface area (Å²) in [4.78, 5) is 26.4. The first-order valence-corrected chi connectivity index (χ1v) is 5.44. The number of aromatic nitrogens is 1. The molecular formula is C12H16N2O3. The van der Waals surface area contributed by atoms with Gasteiger partial charge in [-0.15, -0.1) is 0 Å². The van der Waals surface area contributed by atoms with E-state index in [1.165, 1.54) is 13.1 Å². The van der Waals surface area contributed by atoms with Gasteiger partial charge in [-0.25, -0.2) is 4.79 Å². The number of anilines is 1. The average Bonchev–Trinajstić information content (AvgIpc) is 2.30.